The molecule has 158 valence electrons. The van der Waals surface area contributed by atoms with Crippen molar-refractivity contribution in [2.24, 2.45) is 4.99 Å². The molecule has 3 aliphatic rings. The Morgan fingerprint density at radius 2 is 2.24 bits per heavy atom. The molecule has 1 amide bonds. The largest absolute Gasteiger partial charge is 0.494 e. The number of nitrogens with zero attached hydrogens (tertiary/aromatic N) is 2. The van der Waals surface area contributed by atoms with Gasteiger partial charge in [-0.25, -0.2) is 8.42 Å². The summed E-state index contributed by atoms with van der Waals surface area (Å²) < 4.78 is 35.7. The number of carbonyl (C=O) groups excluding carboxylic acids is 1. The predicted molar refractivity (Wildman–Crippen MR) is 115 cm³/mol. The van der Waals surface area contributed by atoms with Gasteiger partial charge in [-0.2, -0.15) is 4.99 Å². The molecule has 3 saturated heterocycles. The third kappa shape index (κ3) is 4.62. The van der Waals surface area contributed by atoms with E-state index >= 15 is 0 Å². The molecule has 1 aromatic carbocycles. The Bertz CT molecular complexity index is 896. The molecule has 0 aromatic heterocycles. The van der Waals surface area contributed by atoms with E-state index in [4.69, 9.17) is 9.47 Å². The van der Waals surface area contributed by atoms with E-state index in [0.29, 0.717) is 24.8 Å². The van der Waals surface area contributed by atoms with Gasteiger partial charge in [-0.05, 0) is 31.4 Å². The number of benzene rings is 1. The van der Waals surface area contributed by atoms with Crippen molar-refractivity contribution in [2.75, 3.05) is 29.6 Å². The highest BCUT2D eigenvalue weighted by molar-refractivity contribution is 8.16. The van der Waals surface area contributed by atoms with Gasteiger partial charge in [-0.3, -0.25) is 4.79 Å². The minimum absolute atomic E-state index is 0.0682. The van der Waals surface area contributed by atoms with Crippen LogP contribution in [0.1, 0.15) is 32.6 Å². The summed E-state index contributed by atoms with van der Waals surface area (Å²) >= 11 is 1.38. The van der Waals surface area contributed by atoms with Gasteiger partial charge in [0.05, 0.1) is 24.2 Å². The van der Waals surface area contributed by atoms with E-state index in [-0.39, 0.29) is 28.7 Å². The highest BCUT2D eigenvalue weighted by atomic mass is 32.2. The first-order valence-electron chi connectivity index (χ1n) is 10.1. The fourth-order valence-electron chi connectivity index (χ4n) is 3.86. The van der Waals surface area contributed by atoms with Gasteiger partial charge in [-0.15, -0.1) is 0 Å². The van der Waals surface area contributed by atoms with Gasteiger partial charge in [0.15, 0.2) is 15.0 Å². The number of ether oxygens (including phenoxy) is 2. The molecule has 0 aliphatic carbocycles. The molecule has 0 bridgehead atoms. The zero-order chi connectivity index (χ0) is 20.4. The van der Waals surface area contributed by atoms with Crippen molar-refractivity contribution in [1.82, 2.24) is 0 Å². The average molecular weight is 439 g/mol. The van der Waals surface area contributed by atoms with Crippen LogP contribution in [0.15, 0.2) is 29.3 Å². The number of hydrogen-bond acceptors (Lipinski definition) is 6. The average Bonchev–Trinajstić information content (AvgIpc) is 3.37. The van der Waals surface area contributed by atoms with E-state index in [1.54, 1.807) is 0 Å². The highest BCUT2D eigenvalue weighted by Gasteiger charge is 2.49. The lowest BCUT2D eigenvalue weighted by Crippen LogP contribution is -2.38. The summed E-state index contributed by atoms with van der Waals surface area (Å²) in [4.78, 5) is 18.8. The minimum atomic E-state index is -3.10. The molecule has 0 radical (unpaired) electrons. The number of carbonyl (C=O) groups is 1. The fourth-order valence-corrected chi connectivity index (χ4v) is 7.78. The molecule has 0 N–H and O–H groups in total. The number of rotatable bonds is 6. The van der Waals surface area contributed by atoms with Gasteiger partial charge in [0.25, 0.3) is 5.91 Å². The van der Waals surface area contributed by atoms with E-state index in [2.05, 4.69) is 11.9 Å². The fraction of sp³-hybridized carbons (Fsp3) is 0.600. The van der Waals surface area contributed by atoms with Crippen molar-refractivity contribution in [3.8, 4) is 5.75 Å². The monoisotopic (exact) mass is 438 g/mol. The molecule has 0 saturated carbocycles. The van der Waals surface area contributed by atoms with Crippen LogP contribution in [0, 0.1) is 0 Å². The third-order valence-corrected chi connectivity index (χ3v) is 8.55. The van der Waals surface area contributed by atoms with E-state index in [1.165, 1.54) is 11.8 Å². The summed E-state index contributed by atoms with van der Waals surface area (Å²) in [6.07, 6.45) is 3.07. The molecule has 1 aromatic rings. The van der Waals surface area contributed by atoms with E-state index in [0.717, 1.165) is 30.7 Å². The molecule has 3 fully saturated rings. The Labute approximate surface area is 175 Å². The first kappa shape index (κ1) is 20.7. The Kier molecular flexibility index (Phi) is 6.17. The summed E-state index contributed by atoms with van der Waals surface area (Å²) in [5.41, 5.74) is 0.801. The lowest BCUT2D eigenvalue weighted by atomic mass is 10.2. The van der Waals surface area contributed by atoms with E-state index in [1.807, 2.05) is 29.2 Å². The second kappa shape index (κ2) is 8.65. The van der Waals surface area contributed by atoms with Gasteiger partial charge in [0.2, 0.25) is 0 Å². The summed E-state index contributed by atoms with van der Waals surface area (Å²) in [5, 5.41) is 0.432. The Balaban J connectivity index is 1.62. The topological polar surface area (TPSA) is 85.3 Å². The van der Waals surface area contributed by atoms with Crippen LogP contribution in [-0.4, -0.2) is 61.6 Å². The first-order valence-corrected chi connectivity index (χ1v) is 12.8. The number of fused-ring (bicyclic) bond motifs is 1. The van der Waals surface area contributed by atoms with Crippen molar-refractivity contribution in [2.45, 2.75) is 50.0 Å². The van der Waals surface area contributed by atoms with Crippen LogP contribution in [0.3, 0.4) is 0 Å². The Hall–Kier alpha value is -1.58. The van der Waals surface area contributed by atoms with Crippen molar-refractivity contribution in [3.05, 3.63) is 24.3 Å². The molecule has 29 heavy (non-hydrogen) atoms. The normalized spacial score (nSPS) is 29.3. The van der Waals surface area contributed by atoms with Crippen molar-refractivity contribution in [3.63, 3.8) is 0 Å². The molecule has 4 rings (SSSR count). The lowest BCUT2D eigenvalue weighted by molar-refractivity contribution is -0.126. The number of amides is 1. The second-order valence-electron chi connectivity index (χ2n) is 7.60. The van der Waals surface area contributed by atoms with Crippen molar-refractivity contribution in [1.29, 1.82) is 0 Å². The SMILES string of the molecule is CCCCOc1cccc(N2C(=NC(=O)[C@@H]3CCCO3)S[C@H]3CS(=O)(=O)C[C@@H]32)c1. The summed E-state index contributed by atoms with van der Waals surface area (Å²) in [5.74, 6) is 0.625. The summed E-state index contributed by atoms with van der Waals surface area (Å²) in [6, 6.07) is 7.35. The minimum Gasteiger partial charge on any atom is -0.494 e. The molecular formula is C20H26N2O5S2. The standard InChI is InChI=1S/C20H26N2O5S2/c1-2-3-9-26-15-7-4-6-14(11-15)22-16-12-29(24,25)13-18(16)28-20(22)21-19(23)17-8-5-10-27-17/h4,6-7,11,16-18H,2-3,5,8-10,12-13H2,1H3/t16-,17-,18-/m0/s1. The molecule has 3 atom stereocenters. The highest BCUT2D eigenvalue weighted by Crippen LogP contribution is 2.41. The third-order valence-electron chi connectivity index (χ3n) is 5.34. The summed E-state index contributed by atoms with van der Waals surface area (Å²) in [7, 11) is -3.10. The maximum absolute atomic E-state index is 12.6. The Morgan fingerprint density at radius 3 is 3.00 bits per heavy atom. The maximum atomic E-state index is 12.6. The van der Waals surface area contributed by atoms with Gasteiger partial charge in [0.1, 0.15) is 11.9 Å². The number of hydrogen-bond donors (Lipinski definition) is 0. The molecule has 9 heteroatoms. The summed E-state index contributed by atoms with van der Waals surface area (Å²) in [6.45, 7) is 3.32. The van der Waals surface area contributed by atoms with Crippen LogP contribution in [0.2, 0.25) is 0 Å². The first-order chi connectivity index (χ1) is 14.0. The van der Waals surface area contributed by atoms with Crippen LogP contribution in [-0.2, 0) is 19.4 Å². The van der Waals surface area contributed by atoms with Gasteiger partial charge < -0.3 is 14.4 Å². The van der Waals surface area contributed by atoms with Gasteiger partial charge in [0, 0.05) is 23.6 Å². The molecule has 3 heterocycles. The van der Waals surface area contributed by atoms with Crippen molar-refractivity contribution >= 4 is 38.4 Å². The van der Waals surface area contributed by atoms with Crippen LogP contribution >= 0.6 is 11.8 Å². The second-order valence-corrected chi connectivity index (χ2v) is 11.0. The quantitative estimate of drug-likeness (QED) is 0.631. The molecule has 0 spiro atoms. The molecule has 3 aliphatic heterocycles. The number of thioether (sulfide) groups is 1. The predicted octanol–water partition coefficient (Wildman–Crippen LogP) is 2.65. The van der Waals surface area contributed by atoms with Crippen LogP contribution in [0.25, 0.3) is 0 Å². The number of aliphatic imine (C=N–C) groups is 1. The number of amidine groups is 1. The Morgan fingerprint density at radius 1 is 1.38 bits per heavy atom. The lowest BCUT2D eigenvalue weighted by Gasteiger charge is -2.25. The molecule has 0 unspecified atom stereocenters. The van der Waals surface area contributed by atoms with Crippen LogP contribution in [0.5, 0.6) is 5.75 Å². The van der Waals surface area contributed by atoms with Crippen molar-refractivity contribution < 1.29 is 22.7 Å². The van der Waals surface area contributed by atoms with Crippen LogP contribution in [0.4, 0.5) is 5.69 Å². The zero-order valence-electron chi connectivity index (χ0n) is 16.5. The smallest absolute Gasteiger partial charge is 0.277 e. The maximum Gasteiger partial charge on any atom is 0.277 e. The number of sulfone groups is 1. The molecule has 7 nitrogen and oxygen atoms in total. The van der Waals surface area contributed by atoms with E-state index < -0.39 is 15.9 Å². The number of anilines is 1. The van der Waals surface area contributed by atoms with Crippen LogP contribution < -0.4 is 9.64 Å². The number of unbranched alkanes of at least 4 members (excludes halogenated alkanes) is 1. The molecular weight excluding hydrogens is 412 g/mol. The zero-order valence-corrected chi connectivity index (χ0v) is 18.1. The van der Waals surface area contributed by atoms with Gasteiger partial charge >= 0.3 is 0 Å². The van der Waals surface area contributed by atoms with E-state index in [9.17, 15) is 13.2 Å². The van der Waals surface area contributed by atoms with Gasteiger partial charge in [-0.1, -0.05) is 31.2 Å².